The first kappa shape index (κ1) is 18.3. The molecule has 0 aliphatic carbocycles. The molecule has 1 aliphatic rings. The standard InChI is InChI=1S/C19H22N2O4S/c1-14-5-7-15(8-6-14)19(22)20-16-9-10-18(25-2)17(13-16)21-11-3-4-12-26(21,23)24/h5-10,13H,3-4,11-12H2,1-2H3,(H,20,22). The van der Waals surface area contributed by atoms with E-state index in [1.165, 1.54) is 11.4 Å². The number of sulfonamides is 1. The van der Waals surface area contributed by atoms with E-state index in [0.717, 1.165) is 12.0 Å². The van der Waals surface area contributed by atoms with E-state index in [1.54, 1.807) is 30.3 Å². The lowest BCUT2D eigenvalue weighted by molar-refractivity contribution is 0.102. The zero-order valence-corrected chi connectivity index (χ0v) is 15.7. The van der Waals surface area contributed by atoms with Gasteiger partial charge in [0.15, 0.2) is 0 Å². The van der Waals surface area contributed by atoms with Gasteiger partial charge < -0.3 is 10.1 Å². The van der Waals surface area contributed by atoms with Gasteiger partial charge in [-0.15, -0.1) is 0 Å². The number of hydrogen-bond acceptors (Lipinski definition) is 4. The van der Waals surface area contributed by atoms with Crippen LogP contribution in [-0.4, -0.2) is 33.7 Å². The molecule has 0 saturated carbocycles. The lowest BCUT2D eigenvalue weighted by atomic mass is 10.1. The quantitative estimate of drug-likeness (QED) is 0.892. The van der Waals surface area contributed by atoms with E-state index in [2.05, 4.69) is 5.32 Å². The molecule has 6 nitrogen and oxygen atoms in total. The molecule has 7 heteroatoms. The first-order valence-corrected chi connectivity index (χ1v) is 10.1. The number of carbonyl (C=O) groups excluding carboxylic acids is 1. The maximum Gasteiger partial charge on any atom is 0.255 e. The van der Waals surface area contributed by atoms with Crippen molar-refractivity contribution in [3.05, 3.63) is 53.6 Å². The van der Waals surface area contributed by atoms with E-state index in [-0.39, 0.29) is 11.7 Å². The highest BCUT2D eigenvalue weighted by Crippen LogP contribution is 2.35. The Kier molecular flexibility index (Phi) is 5.18. The average Bonchev–Trinajstić information content (AvgIpc) is 2.62. The fourth-order valence-electron chi connectivity index (χ4n) is 2.93. The van der Waals surface area contributed by atoms with Gasteiger partial charge in [0, 0.05) is 17.8 Å². The molecule has 2 aromatic carbocycles. The molecule has 0 unspecified atom stereocenters. The van der Waals surface area contributed by atoms with Gasteiger partial charge in [0.2, 0.25) is 10.0 Å². The van der Waals surface area contributed by atoms with Gasteiger partial charge in [0.05, 0.1) is 18.6 Å². The molecular formula is C19H22N2O4S. The van der Waals surface area contributed by atoms with Crippen LogP contribution in [-0.2, 0) is 10.0 Å². The summed E-state index contributed by atoms with van der Waals surface area (Å²) in [7, 11) is -1.87. The van der Waals surface area contributed by atoms with Gasteiger partial charge in [-0.1, -0.05) is 17.7 Å². The van der Waals surface area contributed by atoms with E-state index in [4.69, 9.17) is 4.74 Å². The molecule has 1 amide bonds. The molecule has 1 saturated heterocycles. The second-order valence-corrected chi connectivity index (χ2v) is 8.31. The van der Waals surface area contributed by atoms with Crippen LogP contribution in [0.2, 0.25) is 0 Å². The van der Waals surface area contributed by atoms with Crippen molar-refractivity contribution in [2.24, 2.45) is 0 Å². The maximum atomic E-state index is 12.4. The lowest BCUT2D eigenvalue weighted by Crippen LogP contribution is -2.38. The molecule has 2 aromatic rings. The molecule has 0 bridgehead atoms. The molecular weight excluding hydrogens is 352 g/mol. The largest absolute Gasteiger partial charge is 0.495 e. The molecule has 26 heavy (non-hydrogen) atoms. The van der Waals surface area contributed by atoms with Crippen LogP contribution in [0.1, 0.15) is 28.8 Å². The Hall–Kier alpha value is -2.54. The van der Waals surface area contributed by atoms with Gasteiger partial charge in [0.1, 0.15) is 5.75 Å². The normalized spacial score (nSPS) is 16.2. The minimum absolute atomic E-state index is 0.121. The summed E-state index contributed by atoms with van der Waals surface area (Å²) in [4.78, 5) is 12.4. The molecule has 0 spiro atoms. The number of aryl methyl sites for hydroxylation is 1. The van der Waals surface area contributed by atoms with Crippen LogP contribution < -0.4 is 14.4 Å². The zero-order valence-electron chi connectivity index (χ0n) is 14.9. The van der Waals surface area contributed by atoms with Crippen LogP contribution in [0.4, 0.5) is 11.4 Å². The number of amides is 1. The Balaban J connectivity index is 1.90. The smallest absolute Gasteiger partial charge is 0.255 e. The summed E-state index contributed by atoms with van der Waals surface area (Å²) in [6, 6.07) is 12.3. The highest BCUT2D eigenvalue weighted by Gasteiger charge is 2.28. The maximum absolute atomic E-state index is 12.4. The van der Waals surface area contributed by atoms with Gasteiger partial charge in [-0.3, -0.25) is 9.10 Å². The molecule has 3 rings (SSSR count). The van der Waals surface area contributed by atoms with Crippen LogP contribution in [0.5, 0.6) is 5.75 Å². The third kappa shape index (κ3) is 3.83. The van der Waals surface area contributed by atoms with Gasteiger partial charge in [-0.2, -0.15) is 0 Å². The molecule has 0 atom stereocenters. The second-order valence-electron chi connectivity index (χ2n) is 6.30. The molecule has 1 fully saturated rings. The first-order valence-electron chi connectivity index (χ1n) is 8.47. The zero-order chi connectivity index (χ0) is 18.7. The Labute approximate surface area is 153 Å². The molecule has 1 aliphatic heterocycles. The van der Waals surface area contributed by atoms with E-state index in [1.807, 2.05) is 19.1 Å². The summed E-state index contributed by atoms with van der Waals surface area (Å²) >= 11 is 0. The van der Waals surface area contributed by atoms with Gasteiger partial charge in [-0.25, -0.2) is 8.42 Å². The Bertz CT molecular complexity index is 908. The number of anilines is 2. The van der Waals surface area contributed by atoms with Crippen LogP contribution >= 0.6 is 0 Å². The molecule has 0 aromatic heterocycles. The van der Waals surface area contributed by atoms with Crippen molar-refractivity contribution >= 4 is 27.3 Å². The number of carbonyl (C=O) groups is 1. The van der Waals surface area contributed by atoms with Crippen LogP contribution in [0.25, 0.3) is 0 Å². The monoisotopic (exact) mass is 374 g/mol. The van der Waals surface area contributed by atoms with E-state index >= 15 is 0 Å². The summed E-state index contributed by atoms with van der Waals surface area (Å²) in [5, 5.41) is 2.82. The average molecular weight is 374 g/mol. The summed E-state index contributed by atoms with van der Waals surface area (Å²) in [6.45, 7) is 2.37. The highest BCUT2D eigenvalue weighted by atomic mass is 32.2. The first-order chi connectivity index (χ1) is 12.4. The predicted molar refractivity (Wildman–Crippen MR) is 102 cm³/mol. The summed E-state index contributed by atoms with van der Waals surface area (Å²) < 4.78 is 31.5. The second kappa shape index (κ2) is 7.37. The van der Waals surface area contributed by atoms with Crippen molar-refractivity contribution in [3.63, 3.8) is 0 Å². The van der Waals surface area contributed by atoms with Crippen molar-refractivity contribution in [3.8, 4) is 5.75 Å². The lowest BCUT2D eigenvalue weighted by Gasteiger charge is -2.29. The number of benzene rings is 2. The number of methoxy groups -OCH3 is 1. The number of nitrogens with zero attached hydrogens (tertiary/aromatic N) is 1. The third-order valence-corrected chi connectivity index (χ3v) is 6.22. The fraction of sp³-hybridized carbons (Fsp3) is 0.316. The summed E-state index contributed by atoms with van der Waals surface area (Å²) in [5.74, 6) is 0.335. The SMILES string of the molecule is COc1ccc(NC(=O)c2ccc(C)cc2)cc1N1CCCCS1(=O)=O. The predicted octanol–water partition coefficient (Wildman–Crippen LogP) is 3.19. The topological polar surface area (TPSA) is 75.7 Å². The fourth-order valence-corrected chi connectivity index (χ4v) is 4.57. The minimum atomic E-state index is -3.37. The van der Waals surface area contributed by atoms with Crippen LogP contribution in [0.3, 0.4) is 0 Å². The van der Waals surface area contributed by atoms with Crippen LogP contribution in [0.15, 0.2) is 42.5 Å². The summed E-state index contributed by atoms with van der Waals surface area (Å²) in [6.07, 6.45) is 1.45. The molecule has 1 heterocycles. The minimum Gasteiger partial charge on any atom is -0.495 e. The Morgan fingerprint density at radius 1 is 1.12 bits per heavy atom. The van der Waals surface area contributed by atoms with Crippen molar-refractivity contribution in [2.75, 3.05) is 29.0 Å². The number of hydrogen-bond donors (Lipinski definition) is 1. The Morgan fingerprint density at radius 2 is 1.85 bits per heavy atom. The highest BCUT2D eigenvalue weighted by molar-refractivity contribution is 7.92. The van der Waals surface area contributed by atoms with Crippen LogP contribution in [0, 0.1) is 6.92 Å². The van der Waals surface area contributed by atoms with Crippen molar-refractivity contribution in [1.82, 2.24) is 0 Å². The van der Waals surface area contributed by atoms with Crippen molar-refractivity contribution < 1.29 is 17.9 Å². The third-order valence-electron chi connectivity index (χ3n) is 4.37. The van der Waals surface area contributed by atoms with E-state index in [9.17, 15) is 13.2 Å². The van der Waals surface area contributed by atoms with Crippen molar-refractivity contribution in [1.29, 1.82) is 0 Å². The Morgan fingerprint density at radius 3 is 2.50 bits per heavy atom. The number of nitrogens with one attached hydrogen (secondary N) is 1. The number of rotatable bonds is 4. The van der Waals surface area contributed by atoms with E-state index < -0.39 is 10.0 Å². The summed E-state index contributed by atoms with van der Waals surface area (Å²) in [5.41, 5.74) is 2.59. The molecule has 138 valence electrons. The molecule has 0 radical (unpaired) electrons. The van der Waals surface area contributed by atoms with Gasteiger partial charge in [0.25, 0.3) is 5.91 Å². The number of ether oxygens (including phenoxy) is 1. The van der Waals surface area contributed by atoms with Crippen molar-refractivity contribution in [2.45, 2.75) is 19.8 Å². The van der Waals surface area contributed by atoms with Gasteiger partial charge >= 0.3 is 0 Å². The van der Waals surface area contributed by atoms with E-state index in [0.29, 0.717) is 35.7 Å². The molecule has 1 N–H and O–H groups in total. The van der Waals surface area contributed by atoms with Gasteiger partial charge in [-0.05, 0) is 50.1 Å².